The third-order valence-corrected chi connectivity index (χ3v) is 3.59. The highest BCUT2D eigenvalue weighted by molar-refractivity contribution is 5.94. The number of esters is 1. The van der Waals surface area contributed by atoms with E-state index in [1.54, 1.807) is 19.1 Å². The lowest BCUT2D eigenvalue weighted by Gasteiger charge is -2.33. The fraction of sp³-hybridized carbons (Fsp3) is 0.467. The summed E-state index contributed by atoms with van der Waals surface area (Å²) in [5, 5.41) is 9.21. The molecule has 1 aliphatic rings. The van der Waals surface area contributed by atoms with Crippen LogP contribution in [0.1, 0.15) is 30.1 Å². The molecule has 0 bridgehead atoms. The van der Waals surface area contributed by atoms with Crippen molar-refractivity contribution < 1.29 is 19.4 Å². The normalized spacial score (nSPS) is 15.9. The zero-order chi connectivity index (χ0) is 14.5. The van der Waals surface area contributed by atoms with Crippen LogP contribution in [0.4, 0.5) is 5.69 Å². The molecule has 2 rings (SSSR count). The van der Waals surface area contributed by atoms with Crippen molar-refractivity contribution >= 4 is 17.6 Å². The number of hydrogen-bond donors (Lipinski definition) is 1. The molecule has 108 valence electrons. The fourth-order valence-corrected chi connectivity index (χ4v) is 2.55. The monoisotopic (exact) mass is 277 g/mol. The zero-order valence-corrected chi connectivity index (χ0v) is 11.5. The van der Waals surface area contributed by atoms with Gasteiger partial charge >= 0.3 is 11.9 Å². The smallest absolute Gasteiger partial charge is 0.337 e. The van der Waals surface area contributed by atoms with Crippen LogP contribution in [0.25, 0.3) is 0 Å². The van der Waals surface area contributed by atoms with Crippen LogP contribution in [0.2, 0.25) is 0 Å². The SMILES string of the molecule is CCOC(=O)C1CCN(c2ccccc2C(=O)O)CC1. The molecule has 0 radical (unpaired) electrons. The third-order valence-electron chi connectivity index (χ3n) is 3.59. The minimum absolute atomic E-state index is 0.0665. The summed E-state index contributed by atoms with van der Waals surface area (Å²) in [7, 11) is 0. The van der Waals surface area contributed by atoms with Crippen molar-refractivity contribution in [3.63, 3.8) is 0 Å². The first-order chi connectivity index (χ1) is 9.63. The molecule has 1 heterocycles. The summed E-state index contributed by atoms with van der Waals surface area (Å²) in [4.78, 5) is 24.9. The van der Waals surface area contributed by atoms with Gasteiger partial charge in [0.05, 0.1) is 23.8 Å². The van der Waals surface area contributed by atoms with Gasteiger partial charge in [-0.3, -0.25) is 4.79 Å². The van der Waals surface area contributed by atoms with Gasteiger partial charge in [-0.15, -0.1) is 0 Å². The summed E-state index contributed by atoms with van der Waals surface area (Å²) in [5.41, 5.74) is 1.03. The number of benzene rings is 1. The molecule has 0 saturated carbocycles. The number of piperidine rings is 1. The highest BCUT2D eigenvalue weighted by atomic mass is 16.5. The number of carbonyl (C=O) groups excluding carboxylic acids is 1. The molecule has 0 unspecified atom stereocenters. The molecule has 0 aliphatic carbocycles. The van der Waals surface area contributed by atoms with E-state index < -0.39 is 5.97 Å². The van der Waals surface area contributed by atoms with Gasteiger partial charge in [0.1, 0.15) is 0 Å². The van der Waals surface area contributed by atoms with E-state index in [-0.39, 0.29) is 11.9 Å². The van der Waals surface area contributed by atoms with Crippen LogP contribution in [0.15, 0.2) is 24.3 Å². The standard InChI is InChI=1S/C15H19NO4/c1-2-20-15(19)11-7-9-16(10-8-11)13-6-4-3-5-12(13)14(17)18/h3-6,11H,2,7-10H2,1H3,(H,17,18). The van der Waals surface area contributed by atoms with Gasteiger partial charge in [-0.05, 0) is 31.9 Å². The molecule has 0 aromatic heterocycles. The highest BCUT2D eigenvalue weighted by Crippen LogP contribution is 2.27. The number of para-hydroxylation sites is 1. The van der Waals surface area contributed by atoms with Crippen LogP contribution in [-0.4, -0.2) is 36.7 Å². The molecule has 1 aromatic rings. The Hall–Kier alpha value is -2.04. The molecule has 0 atom stereocenters. The number of carboxylic acid groups (broad SMARTS) is 1. The van der Waals surface area contributed by atoms with Crippen LogP contribution < -0.4 is 4.90 Å². The van der Waals surface area contributed by atoms with Gasteiger partial charge in [-0.25, -0.2) is 4.79 Å². The van der Waals surface area contributed by atoms with Crippen molar-refractivity contribution in [3.8, 4) is 0 Å². The first-order valence-electron chi connectivity index (χ1n) is 6.87. The van der Waals surface area contributed by atoms with Crippen molar-refractivity contribution in [3.05, 3.63) is 29.8 Å². The Morgan fingerprint density at radius 2 is 1.95 bits per heavy atom. The van der Waals surface area contributed by atoms with Gasteiger partial charge in [0.15, 0.2) is 0 Å². The Bertz CT molecular complexity index is 492. The van der Waals surface area contributed by atoms with Gasteiger partial charge in [-0.1, -0.05) is 12.1 Å². The summed E-state index contributed by atoms with van der Waals surface area (Å²) >= 11 is 0. The molecule has 1 fully saturated rings. The molecule has 0 spiro atoms. The van der Waals surface area contributed by atoms with Gasteiger partial charge in [-0.2, -0.15) is 0 Å². The molecule has 1 N–H and O–H groups in total. The first-order valence-corrected chi connectivity index (χ1v) is 6.87. The molecular weight excluding hydrogens is 258 g/mol. The van der Waals surface area contributed by atoms with E-state index >= 15 is 0 Å². The number of ether oxygens (including phenoxy) is 1. The number of nitrogens with zero attached hydrogens (tertiary/aromatic N) is 1. The topological polar surface area (TPSA) is 66.8 Å². The number of rotatable bonds is 4. The molecule has 1 saturated heterocycles. The van der Waals surface area contributed by atoms with E-state index in [2.05, 4.69) is 0 Å². The van der Waals surface area contributed by atoms with Crippen LogP contribution in [0, 0.1) is 5.92 Å². The summed E-state index contributed by atoms with van der Waals surface area (Å²) < 4.78 is 5.03. The molecule has 1 aromatic carbocycles. The number of aromatic carboxylic acids is 1. The molecule has 0 amide bonds. The Balaban J connectivity index is 2.04. The average Bonchev–Trinajstić information content (AvgIpc) is 2.47. The predicted octanol–water partition coefficient (Wildman–Crippen LogP) is 2.16. The highest BCUT2D eigenvalue weighted by Gasteiger charge is 2.27. The zero-order valence-electron chi connectivity index (χ0n) is 11.5. The molecule has 5 heteroatoms. The summed E-state index contributed by atoms with van der Waals surface area (Å²) in [6.07, 6.45) is 1.40. The van der Waals surface area contributed by atoms with Gasteiger partial charge in [0.2, 0.25) is 0 Å². The van der Waals surface area contributed by atoms with Crippen molar-refractivity contribution in [2.45, 2.75) is 19.8 Å². The number of carbonyl (C=O) groups is 2. The lowest BCUT2D eigenvalue weighted by atomic mass is 9.96. The lowest BCUT2D eigenvalue weighted by Crippen LogP contribution is -2.37. The lowest BCUT2D eigenvalue weighted by molar-refractivity contribution is -0.148. The van der Waals surface area contributed by atoms with Crippen LogP contribution in [0.3, 0.4) is 0 Å². The van der Waals surface area contributed by atoms with Crippen LogP contribution in [-0.2, 0) is 9.53 Å². The maximum Gasteiger partial charge on any atom is 0.337 e. The largest absolute Gasteiger partial charge is 0.478 e. The second-order valence-corrected chi connectivity index (χ2v) is 4.84. The quantitative estimate of drug-likeness (QED) is 0.854. The fourth-order valence-electron chi connectivity index (χ4n) is 2.55. The molecular formula is C15H19NO4. The maximum atomic E-state index is 11.7. The van der Waals surface area contributed by atoms with Crippen molar-refractivity contribution in [1.29, 1.82) is 0 Å². The van der Waals surface area contributed by atoms with E-state index in [4.69, 9.17) is 4.74 Å². The maximum absolute atomic E-state index is 11.7. The van der Waals surface area contributed by atoms with E-state index in [1.165, 1.54) is 0 Å². The summed E-state index contributed by atoms with van der Waals surface area (Å²) in [6.45, 7) is 3.55. The van der Waals surface area contributed by atoms with Crippen molar-refractivity contribution in [1.82, 2.24) is 0 Å². The van der Waals surface area contributed by atoms with Gasteiger partial charge in [0, 0.05) is 13.1 Å². The van der Waals surface area contributed by atoms with E-state index in [0.717, 1.165) is 5.69 Å². The Labute approximate surface area is 118 Å². The van der Waals surface area contributed by atoms with Crippen molar-refractivity contribution in [2.75, 3.05) is 24.6 Å². The molecule has 5 nitrogen and oxygen atoms in total. The number of hydrogen-bond acceptors (Lipinski definition) is 4. The second kappa shape index (κ2) is 6.41. The molecule has 20 heavy (non-hydrogen) atoms. The molecule has 1 aliphatic heterocycles. The Morgan fingerprint density at radius 3 is 2.55 bits per heavy atom. The van der Waals surface area contributed by atoms with Crippen molar-refractivity contribution in [2.24, 2.45) is 5.92 Å². The van der Waals surface area contributed by atoms with E-state index in [1.807, 2.05) is 17.0 Å². The predicted molar refractivity (Wildman–Crippen MR) is 75.0 cm³/mol. The number of carboxylic acids is 1. The van der Waals surface area contributed by atoms with Gasteiger partial charge in [0.25, 0.3) is 0 Å². The first kappa shape index (κ1) is 14.4. The van der Waals surface area contributed by atoms with Gasteiger partial charge < -0.3 is 14.7 Å². The van der Waals surface area contributed by atoms with E-state index in [0.29, 0.717) is 38.1 Å². The minimum Gasteiger partial charge on any atom is -0.478 e. The Kier molecular flexibility index (Phi) is 4.61. The average molecular weight is 277 g/mol. The Morgan fingerprint density at radius 1 is 1.30 bits per heavy atom. The number of anilines is 1. The summed E-state index contributed by atoms with van der Waals surface area (Å²) in [5.74, 6) is -1.13. The third kappa shape index (κ3) is 3.10. The van der Waals surface area contributed by atoms with Crippen LogP contribution >= 0.6 is 0 Å². The van der Waals surface area contributed by atoms with E-state index in [9.17, 15) is 14.7 Å². The summed E-state index contributed by atoms with van der Waals surface area (Å²) in [6, 6.07) is 6.97. The minimum atomic E-state index is -0.923. The second-order valence-electron chi connectivity index (χ2n) is 4.84. The van der Waals surface area contributed by atoms with Crippen LogP contribution in [0.5, 0.6) is 0 Å².